The predicted molar refractivity (Wildman–Crippen MR) is 63.5 cm³/mol. The van der Waals surface area contributed by atoms with Crippen LogP contribution in [-0.2, 0) is 4.79 Å². The highest BCUT2D eigenvalue weighted by molar-refractivity contribution is 5.97. The molecule has 0 N–H and O–H groups in total. The van der Waals surface area contributed by atoms with Crippen LogP contribution in [0.2, 0.25) is 0 Å². The van der Waals surface area contributed by atoms with Gasteiger partial charge in [-0.05, 0) is 24.7 Å². The van der Waals surface area contributed by atoms with Crippen molar-refractivity contribution in [3.63, 3.8) is 0 Å². The van der Waals surface area contributed by atoms with E-state index in [4.69, 9.17) is 5.26 Å². The number of likely N-dealkylation sites (tertiary alicyclic amines) is 1. The fraction of sp³-hybridized carbons (Fsp3) is 0.692. The third kappa shape index (κ3) is 3.37. The molecule has 1 amide bonds. The van der Waals surface area contributed by atoms with Gasteiger partial charge in [0.2, 0.25) is 0 Å². The maximum Gasteiger partial charge on any atom is 0.264 e. The molecule has 88 valence electrons. The molecule has 1 fully saturated rings. The van der Waals surface area contributed by atoms with E-state index in [9.17, 15) is 4.79 Å². The summed E-state index contributed by atoms with van der Waals surface area (Å²) in [6.45, 7) is 7.73. The first-order valence-corrected chi connectivity index (χ1v) is 5.95. The van der Waals surface area contributed by atoms with E-state index < -0.39 is 0 Å². The van der Waals surface area contributed by atoms with Crippen LogP contribution in [-0.4, -0.2) is 23.9 Å². The number of allylic oxidation sites excluding steroid dienone is 1. The number of hydrogen-bond donors (Lipinski definition) is 0. The van der Waals surface area contributed by atoms with E-state index >= 15 is 0 Å². The van der Waals surface area contributed by atoms with Gasteiger partial charge in [0.05, 0.1) is 0 Å². The number of carbonyl (C=O) groups is 1. The number of amides is 1. The molecule has 1 rings (SSSR count). The normalized spacial score (nSPS) is 18.7. The molecule has 0 unspecified atom stereocenters. The lowest BCUT2D eigenvalue weighted by atomic mass is 9.98. The minimum Gasteiger partial charge on any atom is -0.338 e. The summed E-state index contributed by atoms with van der Waals surface area (Å²) in [5.41, 5.74) is 0.296. The first-order valence-electron chi connectivity index (χ1n) is 5.95. The molecule has 3 nitrogen and oxygen atoms in total. The molecule has 0 aromatic heterocycles. The van der Waals surface area contributed by atoms with Crippen molar-refractivity contribution in [3.05, 3.63) is 11.6 Å². The molecule has 3 heteroatoms. The minimum absolute atomic E-state index is 0.0944. The summed E-state index contributed by atoms with van der Waals surface area (Å²) in [6.07, 6.45) is 3.85. The molecular formula is C13H20N2O. The Morgan fingerprint density at radius 2 is 2.00 bits per heavy atom. The van der Waals surface area contributed by atoms with Gasteiger partial charge in [-0.15, -0.1) is 0 Å². The third-order valence-corrected chi connectivity index (χ3v) is 2.92. The van der Waals surface area contributed by atoms with Gasteiger partial charge in [0.15, 0.2) is 0 Å². The van der Waals surface area contributed by atoms with Crippen LogP contribution >= 0.6 is 0 Å². The van der Waals surface area contributed by atoms with Crippen LogP contribution in [0.5, 0.6) is 0 Å². The number of rotatable bonds is 2. The summed E-state index contributed by atoms with van der Waals surface area (Å²) in [7, 11) is 0. The monoisotopic (exact) mass is 220 g/mol. The van der Waals surface area contributed by atoms with Crippen molar-refractivity contribution >= 4 is 5.91 Å². The quantitative estimate of drug-likeness (QED) is 0.529. The lowest BCUT2D eigenvalue weighted by Crippen LogP contribution is -2.38. The predicted octanol–water partition coefficient (Wildman–Crippen LogP) is 2.35. The van der Waals surface area contributed by atoms with E-state index in [1.54, 1.807) is 11.0 Å². The van der Waals surface area contributed by atoms with Gasteiger partial charge in [-0.1, -0.05) is 26.8 Å². The Hall–Kier alpha value is -1.30. The Kier molecular flexibility index (Phi) is 4.54. The zero-order valence-electron chi connectivity index (χ0n) is 10.4. The van der Waals surface area contributed by atoms with Crippen molar-refractivity contribution in [3.8, 4) is 6.07 Å². The second-order valence-corrected chi connectivity index (χ2v) is 4.91. The lowest BCUT2D eigenvalue weighted by molar-refractivity contribution is -0.128. The number of carbonyl (C=O) groups excluding carboxylic acids is 1. The van der Waals surface area contributed by atoms with Gasteiger partial charge in [0, 0.05) is 13.1 Å². The first-order chi connectivity index (χ1) is 7.54. The Balaban J connectivity index is 2.67. The van der Waals surface area contributed by atoms with E-state index in [1.807, 2.05) is 19.9 Å². The molecule has 0 aromatic carbocycles. The second kappa shape index (κ2) is 5.69. The van der Waals surface area contributed by atoms with Crippen LogP contribution in [0.3, 0.4) is 0 Å². The van der Waals surface area contributed by atoms with Crippen molar-refractivity contribution in [1.82, 2.24) is 4.90 Å². The van der Waals surface area contributed by atoms with Gasteiger partial charge in [-0.3, -0.25) is 4.79 Å². The molecule has 1 saturated heterocycles. The SMILES string of the molecule is CC(C)/C=C(\C#N)C(=O)N1CCC(C)CC1. The van der Waals surface area contributed by atoms with E-state index in [0.717, 1.165) is 25.9 Å². The van der Waals surface area contributed by atoms with Crippen LogP contribution in [0.15, 0.2) is 11.6 Å². The van der Waals surface area contributed by atoms with Crippen LogP contribution in [0.25, 0.3) is 0 Å². The summed E-state index contributed by atoms with van der Waals surface area (Å²) in [5, 5.41) is 8.96. The zero-order chi connectivity index (χ0) is 12.1. The summed E-state index contributed by atoms with van der Waals surface area (Å²) in [5.74, 6) is 0.842. The van der Waals surface area contributed by atoms with Gasteiger partial charge < -0.3 is 4.90 Å². The van der Waals surface area contributed by atoms with E-state index in [-0.39, 0.29) is 11.8 Å². The summed E-state index contributed by atoms with van der Waals surface area (Å²) >= 11 is 0. The molecule has 0 saturated carbocycles. The molecular weight excluding hydrogens is 200 g/mol. The molecule has 1 aliphatic heterocycles. The number of nitrogens with zero attached hydrogens (tertiary/aromatic N) is 2. The van der Waals surface area contributed by atoms with Crippen LogP contribution in [0.1, 0.15) is 33.6 Å². The molecule has 16 heavy (non-hydrogen) atoms. The standard InChI is InChI=1S/C13H20N2O/c1-10(2)8-12(9-14)13(16)15-6-4-11(3)5-7-15/h8,10-11H,4-7H2,1-3H3/b12-8+. The smallest absolute Gasteiger partial charge is 0.264 e. The third-order valence-electron chi connectivity index (χ3n) is 2.92. The minimum atomic E-state index is -0.0944. The van der Waals surface area contributed by atoms with E-state index in [0.29, 0.717) is 11.5 Å². The molecule has 0 aliphatic carbocycles. The highest BCUT2D eigenvalue weighted by Crippen LogP contribution is 2.18. The Morgan fingerprint density at radius 1 is 1.44 bits per heavy atom. The maximum absolute atomic E-state index is 12.0. The van der Waals surface area contributed by atoms with Gasteiger partial charge in [-0.25, -0.2) is 0 Å². The molecule has 0 aromatic rings. The van der Waals surface area contributed by atoms with Gasteiger partial charge >= 0.3 is 0 Å². The number of nitriles is 1. The second-order valence-electron chi connectivity index (χ2n) is 4.91. The topological polar surface area (TPSA) is 44.1 Å². The highest BCUT2D eigenvalue weighted by atomic mass is 16.2. The largest absolute Gasteiger partial charge is 0.338 e. The highest BCUT2D eigenvalue weighted by Gasteiger charge is 2.22. The number of hydrogen-bond acceptors (Lipinski definition) is 2. The van der Waals surface area contributed by atoms with Crippen LogP contribution in [0.4, 0.5) is 0 Å². The summed E-state index contributed by atoms with van der Waals surface area (Å²) in [4.78, 5) is 13.8. The van der Waals surface area contributed by atoms with Gasteiger partial charge in [-0.2, -0.15) is 5.26 Å². The molecule has 0 spiro atoms. The van der Waals surface area contributed by atoms with Crippen molar-refractivity contribution in [2.24, 2.45) is 11.8 Å². The van der Waals surface area contributed by atoms with Crippen molar-refractivity contribution in [1.29, 1.82) is 5.26 Å². The van der Waals surface area contributed by atoms with Crippen molar-refractivity contribution in [2.75, 3.05) is 13.1 Å². The fourth-order valence-electron chi connectivity index (χ4n) is 1.87. The van der Waals surface area contributed by atoms with Crippen LogP contribution < -0.4 is 0 Å². The Labute approximate surface area is 97.7 Å². The average Bonchev–Trinajstić information content (AvgIpc) is 2.25. The number of piperidine rings is 1. The first kappa shape index (κ1) is 12.8. The lowest BCUT2D eigenvalue weighted by Gasteiger charge is -2.30. The molecule has 1 aliphatic rings. The Morgan fingerprint density at radius 3 is 2.44 bits per heavy atom. The maximum atomic E-state index is 12.0. The summed E-state index contributed by atoms with van der Waals surface area (Å²) in [6, 6.07) is 2.01. The molecule has 1 heterocycles. The zero-order valence-corrected chi connectivity index (χ0v) is 10.4. The van der Waals surface area contributed by atoms with Crippen molar-refractivity contribution < 1.29 is 4.79 Å². The molecule has 0 bridgehead atoms. The van der Waals surface area contributed by atoms with E-state index in [1.165, 1.54) is 0 Å². The summed E-state index contributed by atoms with van der Waals surface area (Å²) < 4.78 is 0. The van der Waals surface area contributed by atoms with Gasteiger partial charge in [0.25, 0.3) is 5.91 Å². The van der Waals surface area contributed by atoms with Gasteiger partial charge in [0.1, 0.15) is 11.6 Å². The molecule has 0 radical (unpaired) electrons. The average molecular weight is 220 g/mol. The van der Waals surface area contributed by atoms with Crippen molar-refractivity contribution in [2.45, 2.75) is 33.6 Å². The Bertz CT molecular complexity index is 317. The van der Waals surface area contributed by atoms with Crippen LogP contribution in [0, 0.1) is 23.2 Å². The fourth-order valence-corrected chi connectivity index (χ4v) is 1.87. The molecule has 0 atom stereocenters. The van der Waals surface area contributed by atoms with E-state index in [2.05, 4.69) is 6.92 Å².